The molecular formula is C69H39N5S2. The molecule has 7 heteroatoms. The van der Waals surface area contributed by atoms with Crippen LogP contribution in [0.25, 0.3) is 162 Å². The van der Waals surface area contributed by atoms with Gasteiger partial charge in [-0.1, -0.05) is 164 Å². The van der Waals surface area contributed by atoms with E-state index in [2.05, 4.69) is 246 Å². The summed E-state index contributed by atoms with van der Waals surface area (Å²) < 4.78 is 9.82. The molecule has 0 saturated heterocycles. The molecular weight excluding hydrogens is 963 g/mol. The number of fused-ring (bicyclic) bond motifs is 17. The van der Waals surface area contributed by atoms with E-state index < -0.39 is 0 Å². The number of para-hydroxylation sites is 2. The first-order valence-corrected chi connectivity index (χ1v) is 27.3. The molecule has 352 valence electrons. The van der Waals surface area contributed by atoms with Gasteiger partial charge >= 0.3 is 0 Å². The molecule has 12 aromatic carbocycles. The average Bonchev–Trinajstić information content (AvgIpc) is 4.36. The summed E-state index contributed by atoms with van der Waals surface area (Å²) >= 11 is 3.67. The molecule has 0 fully saturated rings. The monoisotopic (exact) mass is 1000 g/mol. The van der Waals surface area contributed by atoms with E-state index >= 15 is 0 Å². The number of thiophene rings is 2. The minimum Gasteiger partial charge on any atom is -0.309 e. The van der Waals surface area contributed by atoms with Crippen LogP contribution in [0.3, 0.4) is 0 Å². The Bertz CT molecular complexity index is 5310. The predicted molar refractivity (Wildman–Crippen MR) is 323 cm³/mol. The Morgan fingerprint density at radius 3 is 1.68 bits per heavy atom. The molecule has 0 saturated carbocycles. The highest BCUT2D eigenvalue weighted by Crippen LogP contribution is 2.51. The standard InChI is InChI=1S/C69H39N5S2/c1-2-19-45(20-3-1)73-55-27-13-10-22-47(55)53-37-43(32-34-56(53)73)67-70-68(44-30-33-49-48-23-11-14-28-59(48)75-61(49)39-44)72-69(71-67)64-50-24-8-9-25-51(50)66-63(52-26-12-15-29-60(52)76-66)65(64)74-57-35-31-40-16-6-7-21-46(40)62(57)54-36-41-17-4-5-18-42(41)38-58(54)74/h1-39H. The van der Waals surface area contributed by atoms with Crippen LogP contribution in [0.1, 0.15) is 0 Å². The van der Waals surface area contributed by atoms with Crippen LogP contribution in [-0.4, -0.2) is 24.1 Å². The molecule has 17 aromatic rings. The lowest BCUT2D eigenvalue weighted by Crippen LogP contribution is -2.05. The van der Waals surface area contributed by atoms with Gasteiger partial charge in [0.1, 0.15) is 0 Å². The van der Waals surface area contributed by atoms with E-state index in [4.69, 9.17) is 15.0 Å². The van der Waals surface area contributed by atoms with Crippen LogP contribution >= 0.6 is 22.7 Å². The van der Waals surface area contributed by atoms with Crippen LogP contribution < -0.4 is 0 Å². The molecule has 17 rings (SSSR count). The number of nitrogens with zero attached hydrogens (tertiary/aromatic N) is 5. The van der Waals surface area contributed by atoms with Gasteiger partial charge in [-0.25, -0.2) is 15.0 Å². The highest BCUT2D eigenvalue weighted by atomic mass is 32.1. The Morgan fingerprint density at radius 2 is 0.868 bits per heavy atom. The fourth-order valence-electron chi connectivity index (χ4n) is 12.4. The van der Waals surface area contributed by atoms with E-state index in [1.54, 1.807) is 0 Å². The lowest BCUT2D eigenvalue weighted by atomic mass is 9.96. The Kier molecular flexibility index (Phi) is 8.81. The molecule has 0 aliphatic carbocycles. The largest absolute Gasteiger partial charge is 0.309 e. The van der Waals surface area contributed by atoms with Gasteiger partial charge in [0.2, 0.25) is 0 Å². The SMILES string of the molecule is c1ccc(-n2c3ccccc3c3cc(-c4nc(-c5ccc6c(c5)sc5ccccc56)nc(-c5c(-n6c7cc8ccccc8cc7c7c8ccccc8ccc76)c6c7ccccc7sc6c6ccccc56)n4)ccc32)cc1. The Balaban J connectivity index is 1.03. The molecule has 0 N–H and O–H groups in total. The van der Waals surface area contributed by atoms with Crippen molar-refractivity contribution < 1.29 is 0 Å². The molecule has 5 aromatic heterocycles. The summed E-state index contributed by atoms with van der Waals surface area (Å²) in [5.74, 6) is 1.85. The molecule has 0 atom stereocenters. The lowest BCUT2D eigenvalue weighted by molar-refractivity contribution is 1.07. The van der Waals surface area contributed by atoms with Crippen molar-refractivity contribution >= 4 is 139 Å². The van der Waals surface area contributed by atoms with Crippen LogP contribution in [0, 0.1) is 0 Å². The zero-order valence-electron chi connectivity index (χ0n) is 40.6. The number of rotatable bonds is 5. The van der Waals surface area contributed by atoms with Crippen molar-refractivity contribution in [3.8, 4) is 45.5 Å². The van der Waals surface area contributed by atoms with E-state index in [1.165, 1.54) is 83.4 Å². The molecule has 5 heterocycles. The van der Waals surface area contributed by atoms with Crippen molar-refractivity contribution in [1.82, 2.24) is 24.1 Å². The third kappa shape index (κ3) is 6.03. The fourth-order valence-corrected chi connectivity index (χ4v) is 14.8. The minimum atomic E-state index is 0.611. The number of benzene rings is 12. The minimum absolute atomic E-state index is 0.611. The van der Waals surface area contributed by atoms with Gasteiger partial charge in [-0.2, -0.15) is 0 Å². The smallest absolute Gasteiger partial charge is 0.166 e. The lowest BCUT2D eigenvalue weighted by Gasteiger charge is -2.19. The average molecular weight is 1000 g/mol. The van der Waals surface area contributed by atoms with Crippen molar-refractivity contribution in [3.63, 3.8) is 0 Å². The molecule has 0 aliphatic heterocycles. The van der Waals surface area contributed by atoms with Gasteiger partial charge in [-0.05, 0) is 99.7 Å². The maximum Gasteiger partial charge on any atom is 0.166 e. The molecule has 0 bridgehead atoms. The third-order valence-electron chi connectivity index (χ3n) is 15.7. The summed E-state index contributed by atoms with van der Waals surface area (Å²) in [6.45, 7) is 0. The first kappa shape index (κ1) is 41.9. The zero-order chi connectivity index (χ0) is 49.6. The topological polar surface area (TPSA) is 48.5 Å². The maximum atomic E-state index is 5.76. The van der Waals surface area contributed by atoms with E-state index in [0.717, 1.165) is 60.9 Å². The van der Waals surface area contributed by atoms with Crippen molar-refractivity contribution in [2.45, 2.75) is 0 Å². The molecule has 0 unspecified atom stereocenters. The summed E-state index contributed by atoms with van der Waals surface area (Å²) in [4.78, 5) is 17.0. The van der Waals surface area contributed by atoms with E-state index in [-0.39, 0.29) is 0 Å². The molecule has 0 aliphatic rings. The second-order valence-corrected chi connectivity index (χ2v) is 22.0. The van der Waals surface area contributed by atoms with Gasteiger partial charge < -0.3 is 9.13 Å². The number of hydrogen-bond donors (Lipinski definition) is 0. The summed E-state index contributed by atoms with van der Waals surface area (Å²) in [5.41, 5.74) is 9.51. The van der Waals surface area contributed by atoms with Crippen LogP contribution in [0.4, 0.5) is 0 Å². The fraction of sp³-hybridized carbons (Fsp3) is 0. The van der Waals surface area contributed by atoms with Crippen LogP contribution in [0.15, 0.2) is 237 Å². The molecule has 76 heavy (non-hydrogen) atoms. The second-order valence-electron chi connectivity index (χ2n) is 19.8. The Labute approximate surface area is 442 Å². The van der Waals surface area contributed by atoms with E-state index in [1.807, 2.05) is 22.7 Å². The number of aromatic nitrogens is 5. The first-order chi connectivity index (χ1) is 37.7. The van der Waals surface area contributed by atoms with E-state index in [9.17, 15) is 0 Å². The van der Waals surface area contributed by atoms with Gasteiger partial charge in [0.05, 0.1) is 33.3 Å². The van der Waals surface area contributed by atoms with Crippen molar-refractivity contribution in [2.75, 3.05) is 0 Å². The molecule has 0 spiro atoms. The van der Waals surface area contributed by atoms with Gasteiger partial charge in [0.15, 0.2) is 17.5 Å². The van der Waals surface area contributed by atoms with Crippen LogP contribution in [0.2, 0.25) is 0 Å². The Hall–Kier alpha value is -9.53. The van der Waals surface area contributed by atoms with E-state index in [0.29, 0.717) is 17.5 Å². The Morgan fingerprint density at radius 1 is 0.289 bits per heavy atom. The van der Waals surface area contributed by atoms with Gasteiger partial charge in [-0.3, -0.25) is 0 Å². The normalized spacial score (nSPS) is 12.2. The zero-order valence-corrected chi connectivity index (χ0v) is 42.2. The van der Waals surface area contributed by atoms with Gasteiger partial charge in [0, 0.05) is 84.1 Å². The molecule has 5 nitrogen and oxygen atoms in total. The van der Waals surface area contributed by atoms with Gasteiger partial charge in [-0.15, -0.1) is 22.7 Å². The highest BCUT2D eigenvalue weighted by Gasteiger charge is 2.28. The van der Waals surface area contributed by atoms with Crippen LogP contribution in [0.5, 0.6) is 0 Å². The predicted octanol–water partition coefficient (Wildman–Crippen LogP) is 19.3. The summed E-state index contributed by atoms with van der Waals surface area (Å²) in [6.07, 6.45) is 0. The quantitative estimate of drug-likeness (QED) is 0.173. The molecule has 0 amide bonds. The summed E-state index contributed by atoms with van der Waals surface area (Å²) in [6, 6.07) is 86.1. The van der Waals surface area contributed by atoms with Crippen molar-refractivity contribution in [2.24, 2.45) is 0 Å². The van der Waals surface area contributed by atoms with Crippen LogP contribution in [-0.2, 0) is 0 Å². The molecule has 0 radical (unpaired) electrons. The van der Waals surface area contributed by atoms with Gasteiger partial charge in [0.25, 0.3) is 0 Å². The summed E-state index contributed by atoms with van der Waals surface area (Å²) in [7, 11) is 0. The number of hydrogen-bond acceptors (Lipinski definition) is 5. The summed E-state index contributed by atoms with van der Waals surface area (Å²) in [5, 5.41) is 16.7. The third-order valence-corrected chi connectivity index (χ3v) is 18.0. The second kappa shape index (κ2) is 16.0. The van der Waals surface area contributed by atoms with Crippen molar-refractivity contribution in [1.29, 1.82) is 0 Å². The maximum absolute atomic E-state index is 5.76. The highest BCUT2D eigenvalue weighted by molar-refractivity contribution is 7.27. The van der Waals surface area contributed by atoms with Crippen molar-refractivity contribution in [3.05, 3.63) is 237 Å². The first-order valence-electron chi connectivity index (χ1n) is 25.7.